The van der Waals surface area contributed by atoms with Crippen molar-refractivity contribution >= 4 is 63.6 Å². The molecule has 4 atom stereocenters. The summed E-state index contributed by atoms with van der Waals surface area (Å²) < 4.78 is 8.23. The van der Waals surface area contributed by atoms with Crippen molar-refractivity contribution in [1.29, 1.82) is 0 Å². The molecule has 2 aromatic carbocycles. The molecule has 0 bridgehead atoms. The highest BCUT2D eigenvalue weighted by atomic mass is 35.5. The molecule has 8 rings (SSSR count). The van der Waals surface area contributed by atoms with Gasteiger partial charge in [0.15, 0.2) is 5.82 Å². The van der Waals surface area contributed by atoms with E-state index in [1.807, 2.05) is 93.2 Å². The van der Waals surface area contributed by atoms with Gasteiger partial charge >= 0.3 is 0 Å². The number of thiophene rings is 1. The van der Waals surface area contributed by atoms with Crippen molar-refractivity contribution < 1.29 is 29.0 Å². The van der Waals surface area contributed by atoms with Gasteiger partial charge in [-0.1, -0.05) is 68.8 Å². The predicted molar refractivity (Wildman–Crippen MR) is 273 cm³/mol. The second-order valence-electron chi connectivity index (χ2n) is 19.6. The Morgan fingerprint density at radius 1 is 0.943 bits per heavy atom. The van der Waals surface area contributed by atoms with Gasteiger partial charge in [-0.05, 0) is 74.8 Å². The van der Waals surface area contributed by atoms with Crippen LogP contribution in [0.3, 0.4) is 0 Å². The van der Waals surface area contributed by atoms with E-state index in [1.54, 1.807) is 22.7 Å². The smallest absolute Gasteiger partial charge is 0.246 e. The van der Waals surface area contributed by atoms with E-state index in [0.29, 0.717) is 30.5 Å². The van der Waals surface area contributed by atoms with Gasteiger partial charge < -0.3 is 35.6 Å². The summed E-state index contributed by atoms with van der Waals surface area (Å²) in [4.78, 5) is 70.0. The van der Waals surface area contributed by atoms with Crippen LogP contribution in [-0.2, 0) is 30.5 Å². The lowest BCUT2D eigenvalue weighted by atomic mass is 9.85. The SMILES string of the molecule is Cc1ncsc1-c1ccc(CNC(=O)[C@@H]2C[C@@H](O)CN2C(=O)[C@@H](NC(=O)CCN2CCC(OCCNC(=O)CC3N=C(c4ccc(Cl)cc4)c4c(sc(C)c4C)-n4c(C)nnc43)CC2)C(C)(C)C)cc1. The van der Waals surface area contributed by atoms with E-state index in [9.17, 15) is 24.3 Å². The molecule has 1 unspecified atom stereocenters. The maximum absolute atomic E-state index is 14.1. The molecule has 2 saturated heterocycles. The van der Waals surface area contributed by atoms with Gasteiger partial charge in [0.1, 0.15) is 29.0 Å². The number of nitrogens with zero attached hydrogens (tertiary/aromatic N) is 7. The number of aliphatic hydroxyl groups is 1. The highest BCUT2D eigenvalue weighted by Crippen LogP contribution is 2.40. The maximum atomic E-state index is 14.1. The quantitative estimate of drug-likeness (QED) is 0.0802. The second-order valence-corrected chi connectivity index (χ2v) is 22.1. The zero-order valence-corrected chi connectivity index (χ0v) is 43.3. The number of β-amino-alcohol motifs (C(OH)–C–C–N with tert-alkyl or cyclic N) is 1. The summed E-state index contributed by atoms with van der Waals surface area (Å²) in [6.07, 6.45) is 1.12. The Morgan fingerprint density at radius 2 is 1.66 bits per heavy atom. The predicted octanol–water partition coefficient (Wildman–Crippen LogP) is 6.42. The van der Waals surface area contributed by atoms with Gasteiger partial charge in [0.2, 0.25) is 23.6 Å². The fourth-order valence-corrected chi connectivity index (χ4v) is 11.5. The summed E-state index contributed by atoms with van der Waals surface area (Å²) in [5.74, 6) is 0.192. The van der Waals surface area contributed by atoms with Crippen LogP contribution >= 0.6 is 34.3 Å². The van der Waals surface area contributed by atoms with Crippen molar-refractivity contribution in [3.05, 3.63) is 104 Å². The number of nitrogens with one attached hydrogen (secondary N) is 3. The van der Waals surface area contributed by atoms with Gasteiger partial charge in [0.05, 0.1) is 47.0 Å². The van der Waals surface area contributed by atoms with E-state index < -0.39 is 29.6 Å². The Labute approximate surface area is 422 Å². The van der Waals surface area contributed by atoms with Gasteiger partial charge in [0.25, 0.3) is 0 Å². The van der Waals surface area contributed by atoms with Crippen LogP contribution < -0.4 is 16.0 Å². The number of likely N-dealkylation sites (tertiary alicyclic amines) is 2. The Morgan fingerprint density at radius 3 is 2.34 bits per heavy atom. The van der Waals surface area contributed by atoms with Crippen molar-refractivity contribution in [3.8, 4) is 15.4 Å². The van der Waals surface area contributed by atoms with Gasteiger partial charge in [-0.3, -0.25) is 28.7 Å². The molecule has 2 fully saturated rings. The lowest BCUT2D eigenvalue weighted by molar-refractivity contribution is -0.144. The van der Waals surface area contributed by atoms with Crippen LogP contribution in [0.1, 0.15) is 103 Å². The topological polar surface area (TPSA) is 196 Å². The van der Waals surface area contributed by atoms with E-state index in [4.69, 9.17) is 21.3 Å². The Kier molecular flexibility index (Phi) is 16.0. The lowest BCUT2D eigenvalue weighted by Gasteiger charge is -2.36. The molecule has 0 spiro atoms. The lowest BCUT2D eigenvalue weighted by Crippen LogP contribution is -2.58. The van der Waals surface area contributed by atoms with E-state index in [2.05, 4.69) is 49.9 Å². The van der Waals surface area contributed by atoms with E-state index in [1.165, 1.54) is 9.78 Å². The molecule has 5 aromatic rings. The number of ether oxygens (including phenoxy) is 1. The molecule has 0 radical (unpaired) electrons. The normalized spacial score (nSPS) is 19.0. The number of amides is 4. The van der Waals surface area contributed by atoms with E-state index in [0.717, 1.165) is 80.9 Å². The number of aromatic nitrogens is 4. The van der Waals surface area contributed by atoms with Crippen LogP contribution in [0.25, 0.3) is 15.4 Å². The molecule has 19 heteroatoms. The number of carbonyl (C=O) groups is 4. The second kappa shape index (κ2) is 22.0. The standard InChI is InChI=1S/C51H63ClN10O6S2/c1-29-31(3)70-50-43(29)44(34-12-14-36(52)15-13-34)56-39(47-59-58-32(4)62(47)50)25-42(65)53-19-23-68-38-16-20-60(21-17-38)22-18-41(64)57-46(51(5,6)7)49(67)61-27-37(63)24-40(61)48(66)54-26-33-8-10-35(11-9-33)45-30(2)55-28-69-45/h8-15,28,37-40,46,63H,16-27H2,1-7H3,(H,53,65)(H,54,66)(H,57,64)/t37-,39?,40+,46-/m1/s1. The first-order valence-electron chi connectivity index (χ1n) is 24.0. The third-order valence-corrected chi connectivity index (χ3v) is 15.8. The highest BCUT2D eigenvalue weighted by molar-refractivity contribution is 7.15. The molecule has 3 aliphatic rings. The van der Waals surface area contributed by atoms with Gasteiger partial charge in [-0.15, -0.1) is 32.9 Å². The summed E-state index contributed by atoms with van der Waals surface area (Å²) in [6.45, 7) is 16.7. The van der Waals surface area contributed by atoms with Gasteiger partial charge in [0, 0.05) is 73.1 Å². The van der Waals surface area contributed by atoms with Crippen LogP contribution in [-0.4, -0.2) is 128 Å². The number of rotatable bonds is 16. The number of aliphatic hydroxyl groups excluding tert-OH is 1. The fraction of sp³-hybridized carbons (Fsp3) is 0.490. The molecule has 372 valence electrons. The van der Waals surface area contributed by atoms with Crippen LogP contribution in [0, 0.1) is 33.1 Å². The summed E-state index contributed by atoms with van der Waals surface area (Å²) in [7, 11) is 0. The third kappa shape index (κ3) is 11.7. The first kappa shape index (κ1) is 51.0. The largest absolute Gasteiger partial charge is 0.391 e. The average molecular weight is 1010 g/mol. The van der Waals surface area contributed by atoms with Crippen LogP contribution in [0.5, 0.6) is 0 Å². The van der Waals surface area contributed by atoms with Crippen molar-refractivity contribution in [2.75, 3.05) is 39.3 Å². The molecule has 6 heterocycles. The summed E-state index contributed by atoms with van der Waals surface area (Å²) in [5.41, 5.74) is 7.93. The number of carbonyl (C=O) groups excluding carboxylic acids is 4. The molecule has 3 aromatic heterocycles. The van der Waals surface area contributed by atoms with Crippen molar-refractivity contribution in [2.45, 2.75) is 117 Å². The maximum Gasteiger partial charge on any atom is 0.246 e. The number of hydrogen-bond donors (Lipinski definition) is 4. The number of halogens is 1. The number of aryl methyl sites for hydroxylation is 3. The van der Waals surface area contributed by atoms with Gasteiger partial charge in [-0.25, -0.2) is 4.98 Å². The summed E-state index contributed by atoms with van der Waals surface area (Å²) in [5, 5.41) is 30.1. The van der Waals surface area contributed by atoms with Crippen LogP contribution in [0.15, 0.2) is 59.0 Å². The number of aliphatic imine (C=N–C) groups is 1. The molecule has 0 saturated carbocycles. The third-order valence-electron chi connectivity index (χ3n) is 13.4. The Bertz CT molecular complexity index is 2720. The minimum atomic E-state index is -0.901. The molecule has 4 N–H and O–H groups in total. The van der Waals surface area contributed by atoms with E-state index >= 15 is 0 Å². The van der Waals surface area contributed by atoms with Crippen LogP contribution in [0.4, 0.5) is 0 Å². The average Bonchev–Trinajstić information content (AvgIpc) is 4.10. The Balaban J connectivity index is 0.775. The van der Waals surface area contributed by atoms with Crippen LogP contribution in [0.2, 0.25) is 5.02 Å². The zero-order chi connectivity index (χ0) is 49.9. The first-order valence-corrected chi connectivity index (χ1v) is 26.0. The number of fused-ring (bicyclic) bond motifs is 3. The number of thiazole rings is 1. The summed E-state index contributed by atoms with van der Waals surface area (Å²) >= 11 is 9.50. The van der Waals surface area contributed by atoms with Crippen molar-refractivity contribution in [3.63, 3.8) is 0 Å². The number of benzene rings is 2. The number of hydrogen-bond acceptors (Lipinski definition) is 13. The number of piperidine rings is 1. The molecule has 3 aliphatic heterocycles. The zero-order valence-electron chi connectivity index (χ0n) is 40.9. The summed E-state index contributed by atoms with van der Waals surface area (Å²) in [6, 6.07) is 13.2. The molecule has 4 amide bonds. The molecule has 16 nitrogen and oxygen atoms in total. The fourth-order valence-electron chi connectivity index (χ4n) is 9.37. The van der Waals surface area contributed by atoms with E-state index in [-0.39, 0.29) is 62.1 Å². The van der Waals surface area contributed by atoms with Crippen molar-refractivity contribution in [2.24, 2.45) is 10.4 Å². The first-order chi connectivity index (χ1) is 33.4. The van der Waals surface area contributed by atoms with Crippen molar-refractivity contribution in [1.82, 2.24) is 45.5 Å². The highest BCUT2D eigenvalue weighted by Gasteiger charge is 2.44. The van der Waals surface area contributed by atoms with Gasteiger partial charge in [-0.2, -0.15) is 0 Å². The minimum Gasteiger partial charge on any atom is -0.391 e. The molecular weight excluding hydrogens is 948 g/mol. The molecule has 0 aliphatic carbocycles. The molecular formula is C51H63ClN10O6S2. The minimum absolute atomic E-state index is 0.00869. The molecule has 70 heavy (non-hydrogen) atoms. The Hall–Kier alpha value is -5.37. The monoisotopic (exact) mass is 1010 g/mol.